The zero-order chi connectivity index (χ0) is 17.3. The van der Waals surface area contributed by atoms with Crippen LogP contribution in [0, 0.1) is 0 Å². The molecule has 0 unspecified atom stereocenters. The molecule has 1 heterocycles. The molecule has 2 aromatic carbocycles. The summed E-state index contributed by atoms with van der Waals surface area (Å²) in [7, 11) is 0. The number of anilines is 1. The molecule has 0 fully saturated rings. The zero-order valence-electron chi connectivity index (χ0n) is 14.0. The Morgan fingerprint density at radius 2 is 1.56 bits per heavy atom. The van der Waals surface area contributed by atoms with Crippen LogP contribution in [-0.2, 0) is 17.9 Å². The maximum absolute atomic E-state index is 12.4. The maximum atomic E-state index is 12.4. The summed E-state index contributed by atoms with van der Waals surface area (Å²) in [6, 6.07) is 25.8. The number of aromatic nitrogens is 1. The van der Waals surface area contributed by atoms with E-state index in [1.54, 1.807) is 6.20 Å². The summed E-state index contributed by atoms with van der Waals surface area (Å²) in [5, 5.41) is 2.94. The second-order valence-corrected chi connectivity index (χ2v) is 5.78. The Morgan fingerprint density at radius 1 is 0.880 bits per heavy atom. The van der Waals surface area contributed by atoms with Crippen molar-refractivity contribution >= 4 is 11.6 Å². The molecule has 0 aliphatic rings. The molecular weight excluding hydrogens is 310 g/mol. The average Bonchev–Trinajstić information content (AvgIpc) is 2.68. The lowest BCUT2D eigenvalue weighted by Crippen LogP contribution is -2.36. The molecule has 3 aromatic rings. The molecule has 1 amide bonds. The van der Waals surface area contributed by atoms with Gasteiger partial charge in [0, 0.05) is 18.4 Å². The van der Waals surface area contributed by atoms with Crippen molar-refractivity contribution in [3.05, 3.63) is 96.3 Å². The smallest absolute Gasteiger partial charge is 0.239 e. The van der Waals surface area contributed by atoms with Crippen LogP contribution in [0.3, 0.4) is 0 Å². The number of pyridine rings is 1. The summed E-state index contributed by atoms with van der Waals surface area (Å²) < 4.78 is 0. The highest BCUT2D eigenvalue weighted by atomic mass is 16.2. The largest absolute Gasteiger partial charge is 0.358 e. The first-order valence-corrected chi connectivity index (χ1v) is 8.32. The Morgan fingerprint density at radius 3 is 2.24 bits per heavy atom. The molecule has 0 aliphatic carbocycles. The maximum Gasteiger partial charge on any atom is 0.239 e. The Hall–Kier alpha value is -3.14. The number of hydrogen-bond acceptors (Lipinski definition) is 3. The van der Waals surface area contributed by atoms with Crippen LogP contribution in [0.25, 0.3) is 0 Å². The van der Waals surface area contributed by atoms with Gasteiger partial charge in [0.25, 0.3) is 0 Å². The van der Waals surface area contributed by atoms with E-state index in [0.717, 1.165) is 11.4 Å². The monoisotopic (exact) mass is 331 g/mol. The van der Waals surface area contributed by atoms with E-state index in [2.05, 4.69) is 27.3 Å². The molecule has 126 valence electrons. The SMILES string of the molecule is O=C(CN(Cc1ccccc1)c1ccccc1)NCc1ccccn1. The Labute approximate surface area is 148 Å². The predicted molar refractivity (Wildman–Crippen MR) is 100 cm³/mol. The van der Waals surface area contributed by atoms with Crippen LogP contribution < -0.4 is 10.2 Å². The van der Waals surface area contributed by atoms with E-state index in [0.29, 0.717) is 19.6 Å². The number of para-hydroxylation sites is 1. The van der Waals surface area contributed by atoms with E-state index in [-0.39, 0.29) is 5.91 Å². The van der Waals surface area contributed by atoms with Gasteiger partial charge < -0.3 is 10.2 Å². The van der Waals surface area contributed by atoms with Gasteiger partial charge in [0.2, 0.25) is 5.91 Å². The normalized spacial score (nSPS) is 10.2. The van der Waals surface area contributed by atoms with Gasteiger partial charge in [-0.05, 0) is 29.8 Å². The summed E-state index contributed by atoms with van der Waals surface area (Å²) in [6.45, 7) is 1.42. The highest BCUT2D eigenvalue weighted by Crippen LogP contribution is 2.16. The first-order chi connectivity index (χ1) is 12.3. The van der Waals surface area contributed by atoms with E-state index >= 15 is 0 Å². The number of rotatable bonds is 7. The molecular formula is C21H21N3O. The van der Waals surface area contributed by atoms with Crippen molar-refractivity contribution in [2.45, 2.75) is 13.1 Å². The van der Waals surface area contributed by atoms with Crippen molar-refractivity contribution in [3.8, 4) is 0 Å². The van der Waals surface area contributed by atoms with Crippen molar-refractivity contribution in [1.29, 1.82) is 0 Å². The summed E-state index contributed by atoms with van der Waals surface area (Å²) in [5.74, 6) is -0.0227. The molecule has 0 saturated heterocycles. The second-order valence-electron chi connectivity index (χ2n) is 5.78. The first-order valence-electron chi connectivity index (χ1n) is 8.32. The van der Waals surface area contributed by atoms with Crippen LogP contribution >= 0.6 is 0 Å². The predicted octanol–water partition coefficient (Wildman–Crippen LogP) is 3.40. The number of nitrogens with one attached hydrogen (secondary N) is 1. The fraction of sp³-hybridized carbons (Fsp3) is 0.143. The Balaban J connectivity index is 1.66. The third-order valence-corrected chi connectivity index (χ3v) is 3.86. The molecule has 0 aliphatic heterocycles. The van der Waals surface area contributed by atoms with E-state index in [1.165, 1.54) is 5.56 Å². The molecule has 0 radical (unpaired) electrons. The molecule has 0 spiro atoms. The van der Waals surface area contributed by atoms with Crippen LogP contribution in [0.2, 0.25) is 0 Å². The van der Waals surface area contributed by atoms with E-state index < -0.39 is 0 Å². The van der Waals surface area contributed by atoms with Crippen LogP contribution in [-0.4, -0.2) is 17.4 Å². The van der Waals surface area contributed by atoms with Crippen LogP contribution in [0.15, 0.2) is 85.1 Å². The summed E-state index contributed by atoms with van der Waals surface area (Å²) in [5.41, 5.74) is 3.05. The van der Waals surface area contributed by atoms with Crippen molar-refractivity contribution in [2.24, 2.45) is 0 Å². The zero-order valence-corrected chi connectivity index (χ0v) is 14.0. The van der Waals surface area contributed by atoms with Crippen LogP contribution in [0.1, 0.15) is 11.3 Å². The second kappa shape index (κ2) is 8.64. The number of benzene rings is 2. The lowest BCUT2D eigenvalue weighted by atomic mass is 10.2. The van der Waals surface area contributed by atoms with Gasteiger partial charge in [0.05, 0.1) is 18.8 Å². The fourth-order valence-electron chi connectivity index (χ4n) is 2.60. The molecule has 0 bridgehead atoms. The topological polar surface area (TPSA) is 45.2 Å². The number of carbonyl (C=O) groups excluding carboxylic acids is 1. The van der Waals surface area contributed by atoms with Gasteiger partial charge in [-0.1, -0.05) is 54.6 Å². The van der Waals surface area contributed by atoms with Crippen LogP contribution in [0.4, 0.5) is 5.69 Å². The van der Waals surface area contributed by atoms with Gasteiger partial charge in [-0.15, -0.1) is 0 Å². The van der Waals surface area contributed by atoms with E-state index in [9.17, 15) is 4.79 Å². The van der Waals surface area contributed by atoms with E-state index in [4.69, 9.17) is 0 Å². The standard InChI is InChI=1S/C21H21N3O/c25-21(23-15-19-11-7-8-14-22-19)17-24(20-12-5-2-6-13-20)16-18-9-3-1-4-10-18/h1-14H,15-17H2,(H,23,25). The molecule has 1 aromatic heterocycles. The Kier molecular flexibility index (Phi) is 5.77. The van der Waals surface area contributed by atoms with Crippen molar-refractivity contribution < 1.29 is 4.79 Å². The van der Waals surface area contributed by atoms with E-state index in [1.807, 2.05) is 66.7 Å². The number of amides is 1. The molecule has 3 rings (SSSR count). The van der Waals surface area contributed by atoms with Gasteiger partial charge >= 0.3 is 0 Å². The molecule has 1 N–H and O–H groups in total. The third kappa shape index (κ3) is 5.18. The number of hydrogen-bond donors (Lipinski definition) is 1. The molecule has 4 heteroatoms. The van der Waals surface area contributed by atoms with Crippen LogP contribution in [0.5, 0.6) is 0 Å². The highest BCUT2D eigenvalue weighted by Gasteiger charge is 2.12. The van der Waals surface area contributed by atoms with Gasteiger partial charge in [0.1, 0.15) is 0 Å². The van der Waals surface area contributed by atoms with Crippen molar-refractivity contribution in [2.75, 3.05) is 11.4 Å². The molecule has 0 atom stereocenters. The third-order valence-electron chi connectivity index (χ3n) is 3.86. The quantitative estimate of drug-likeness (QED) is 0.722. The summed E-state index contributed by atoms with van der Waals surface area (Å²) >= 11 is 0. The summed E-state index contributed by atoms with van der Waals surface area (Å²) in [6.07, 6.45) is 1.73. The number of nitrogens with zero attached hydrogens (tertiary/aromatic N) is 2. The minimum absolute atomic E-state index is 0.0227. The molecule has 4 nitrogen and oxygen atoms in total. The highest BCUT2D eigenvalue weighted by molar-refractivity contribution is 5.81. The average molecular weight is 331 g/mol. The van der Waals surface area contributed by atoms with Gasteiger partial charge in [-0.25, -0.2) is 0 Å². The minimum Gasteiger partial charge on any atom is -0.358 e. The Bertz CT molecular complexity index is 776. The van der Waals surface area contributed by atoms with Crippen molar-refractivity contribution in [1.82, 2.24) is 10.3 Å². The van der Waals surface area contributed by atoms with Gasteiger partial charge in [-0.3, -0.25) is 9.78 Å². The molecule has 0 saturated carbocycles. The fourth-order valence-corrected chi connectivity index (χ4v) is 2.60. The van der Waals surface area contributed by atoms with Crippen molar-refractivity contribution in [3.63, 3.8) is 0 Å². The lowest BCUT2D eigenvalue weighted by Gasteiger charge is -2.24. The minimum atomic E-state index is -0.0227. The summed E-state index contributed by atoms with van der Waals surface area (Å²) in [4.78, 5) is 18.7. The lowest BCUT2D eigenvalue weighted by molar-refractivity contribution is -0.120. The number of carbonyl (C=O) groups is 1. The van der Waals surface area contributed by atoms with Gasteiger partial charge in [-0.2, -0.15) is 0 Å². The van der Waals surface area contributed by atoms with Gasteiger partial charge in [0.15, 0.2) is 0 Å². The first kappa shape index (κ1) is 16.7. The molecule has 25 heavy (non-hydrogen) atoms.